The molecule has 0 radical (unpaired) electrons. The van der Waals surface area contributed by atoms with Crippen LogP contribution < -0.4 is 0 Å². The molecule has 0 saturated heterocycles. The Labute approximate surface area is 157 Å². The van der Waals surface area contributed by atoms with Crippen LogP contribution in [0, 0.1) is 34.0 Å². The number of aliphatic hydroxyl groups excluding tert-OH is 1. The van der Waals surface area contributed by atoms with E-state index in [-0.39, 0.29) is 34.9 Å². The first-order valence-electron chi connectivity index (χ1n) is 10.0. The Morgan fingerprint density at radius 1 is 1.31 bits per heavy atom. The topological polar surface area (TPSA) is 63.6 Å². The summed E-state index contributed by atoms with van der Waals surface area (Å²) in [6, 6.07) is 0. The summed E-state index contributed by atoms with van der Waals surface area (Å²) in [5.74, 6) is 0.106. The van der Waals surface area contributed by atoms with Crippen molar-refractivity contribution in [3.8, 4) is 0 Å². The largest absolute Gasteiger partial charge is 0.462 e. The van der Waals surface area contributed by atoms with Gasteiger partial charge < -0.3 is 9.84 Å². The van der Waals surface area contributed by atoms with E-state index in [1.807, 2.05) is 13.0 Å². The molecule has 0 heterocycles. The summed E-state index contributed by atoms with van der Waals surface area (Å²) < 4.78 is 5.87. The van der Waals surface area contributed by atoms with Crippen molar-refractivity contribution >= 4 is 11.8 Å². The van der Waals surface area contributed by atoms with Gasteiger partial charge in [-0.05, 0) is 42.9 Å². The highest BCUT2D eigenvalue weighted by Gasteiger charge is 2.68. The van der Waals surface area contributed by atoms with Crippen molar-refractivity contribution in [1.29, 1.82) is 0 Å². The third kappa shape index (κ3) is 2.44. The van der Waals surface area contributed by atoms with Gasteiger partial charge in [0.25, 0.3) is 0 Å². The Bertz CT molecular complexity index is 628. The third-order valence-electron chi connectivity index (χ3n) is 8.61. The van der Waals surface area contributed by atoms with E-state index in [0.29, 0.717) is 12.8 Å². The molecule has 1 N–H and O–H groups in total. The number of carbonyl (C=O) groups excluding carboxylic acids is 2. The zero-order valence-electron chi connectivity index (χ0n) is 16.9. The lowest BCUT2D eigenvalue weighted by atomic mass is 9.44. The van der Waals surface area contributed by atoms with Crippen molar-refractivity contribution < 1.29 is 19.4 Å². The molecule has 0 aliphatic heterocycles. The number of hydrogen-bond donors (Lipinski definition) is 1. The van der Waals surface area contributed by atoms with Crippen LogP contribution >= 0.6 is 0 Å². The van der Waals surface area contributed by atoms with Gasteiger partial charge in [-0.2, -0.15) is 0 Å². The van der Waals surface area contributed by atoms with Gasteiger partial charge in [0.2, 0.25) is 0 Å². The minimum absolute atomic E-state index is 0.00653. The minimum Gasteiger partial charge on any atom is -0.462 e. The van der Waals surface area contributed by atoms with E-state index in [1.165, 1.54) is 6.92 Å². The quantitative estimate of drug-likeness (QED) is 0.597. The molecular weight excluding hydrogens is 328 g/mol. The summed E-state index contributed by atoms with van der Waals surface area (Å²) in [4.78, 5) is 25.0. The molecule has 0 spiro atoms. The maximum atomic E-state index is 13.1. The molecule has 3 saturated carbocycles. The number of esters is 1. The van der Waals surface area contributed by atoms with Gasteiger partial charge in [0.1, 0.15) is 11.9 Å². The van der Waals surface area contributed by atoms with Gasteiger partial charge in [0.05, 0.1) is 6.10 Å². The maximum Gasteiger partial charge on any atom is 0.302 e. The summed E-state index contributed by atoms with van der Waals surface area (Å²) >= 11 is 0. The zero-order valence-corrected chi connectivity index (χ0v) is 16.9. The average Bonchev–Trinajstić information content (AvgIpc) is 2.94. The van der Waals surface area contributed by atoms with E-state index in [0.717, 1.165) is 19.3 Å². The number of hydrogen-bond acceptors (Lipinski definition) is 4. The van der Waals surface area contributed by atoms with Crippen LogP contribution in [-0.4, -0.2) is 29.1 Å². The molecule has 4 heteroatoms. The van der Waals surface area contributed by atoms with Crippen LogP contribution in [0.5, 0.6) is 0 Å². The second kappa shape index (κ2) is 6.19. The maximum absolute atomic E-state index is 13.1. The summed E-state index contributed by atoms with van der Waals surface area (Å²) in [6.07, 6.45) is 4.68. The average molecular weight is 363 g/mol. The monoisotopic (exact) mass is 362 g/mol. The highest BCUT2D eigenvalue weighted by Crippen LogP contribution is 2.67. The first-order valence-corrected chi connectivity index (χ1v) is 10.0. The predicted molar refractivity (Wildman–Crippen MR) is 100 cm³/mol. The fourth-order valence-corrected chi connectivity index (χ4v) is 6.70. The standard InChI is InChI=1S/C22H34O4/c1-7-20(5)12-17(26-15(4)23)21(6)13(2)8-10-22(14(3)19(20)25)11-9-16(24)18(21)22/h7,13-14,17-19,25H,1,8-12H2,2-6H3/t13-,14+,17-,18+,19+,20-,21+,22+/m1/s1. The third-order valence-corrected chi connectivity index (χ3v) is 8.61. The zero-order chi connectivity index (χ0) is 19.5. The predicted octanol–water partition coefficient (Wildman–Crippen LogP) is 3.91. The minimum atomic E-state index is -0.607. The summed E-state index contributed by atoms with van der Waals surface area (Å²) in [6.45, 7) is 13.9. The molecule has 26 heavy (non-hydrogen) atoms. The smallest absolute Gasteiger partial charge is 0.302 e. The van der Waals surface area contributed by atoms with E-state index in [9.17, 15) is 14.7 Å². The highest BCUT2D eigenvalue weighted by molar-refractivity contribution is 5.85. The van der Waals surface area contributed by atoms with Gasteiger partial charge in [0.15, 0.2) is 0 Å². The van der Waals surface area contributed by atoms with Crippen molar-refractivity contribution in [2.45, 2.75) is 78.9 Å². The van der Waals surface area contributed by atoms with Gasteiger partial charge in [-0.15, -0.1) is 6.58 Å². The van der Waals surface area contributed by atoms with Crippen LogP contribution in [0.1, 0.15) is 66.7 Å². The van der Waals surface area contributed by atoms with E-state index in [1.54, 1.807) is 0 Å². The number of Topliss-reactive ketones (excluding diaryl/α,β-unsaturated/α-hetero) is 1. The van der Waals surface area contributed by atoms with Crippen LogP contribution in [0.25, 0.3) is 0 Å². The van der Waals surface area contributed by atoms with Gasteiger partial charge in [-0.1, -0.05) is 33.8 Å². The number of aliphatic hydroxyl groups is 1. The number of carbonyl (C=O) groups is 2. The fraction of sp³-hybridized carbons (Fsp3) is 0.818. The van der Waals surface area contributed by atoms with Crippen molar-refractivity contribution in [3.05, 3.63) is 12.7 Å². The molecule has 0 aromatic rings. The summed E-state index contributed by atoms with van der Waals surface area (Å²) in [5, 5.41) is 11.3. The molecule has 0 amide bonds. The number of rotatable bonds is 2. The van der Waals surface area contributed by atoms with Crippen molar-refractivity contribution in [2.75, 3.05) is 0 Å². The van der Waals surface area contributed by atoms with E-state index in [2.05, 4.69) is 27.4 Å². The number of ether oxygens (including phenoxy) is 1. The normalized spacial score (nSPS) is 51.2. The van der Waals surface area contributed by atoms with E-state index < -0.39 is 23.0 Å². The van der Waals surface area contributed by atoms with E-state index >= 15 is 0 Å². The van der Waals surface area contributed by atoms with Gasteiger partial charge >= 0.3 is 5.97 Å². The molecule has 8 atom stereocenters. The molecule has 3 aliphatic carbocycles. The van der Waals surface area contributed by atoms with E-state index in [4.69, 9.17) is 4.74 Å². The molecule has 146 valence electrons. The lowest BCUT2D eigenvalue weighted by Crippen LogP contribution is -2.63. The van der Waals surface area contributed by atoms with Gasteiger partial charge in [0, 0.05) is 30.1 Å². The first-order chi connectivity index (χ1) is 12.0. The van der Waals surface area contributed by atoms with Crippen LogP contribution in [-0.2, 0) is 14.3 Å². The highest BCUT2D eigenvalue weighted by atomic mass is 16.5. The fourth-order valence-electron chi connectivity index (χ4n) is 6.70. The van der Waals surface area contributed by atoms with Crippen molar-refractivity contribution in [3.63, 3.8) is 0 Å². The summed E-state index contributed by atoms with van der Waals surface area (Å²) in [5.41, 5.74) is -1.17. The molecule has 3 aliphatic rings. The lowest BCUT2D eigenvalue weighted by Gasteiger charge is -2.61. The Kier molecular flexibility index (Phi) is 4.66. The SMILES string of the molecule is C=C[C@]1(C)C[C@@H](OC(C)=O)[C@]2(C)[C@H](C)CC[C@]3(CCC(=O)[C@H]32)[C@@H](C)[C@@H]1O. The first kappa shape index (κ1) is 19.6. The molecular formula is C22H34O4. The van der Waals surface area contributed by atoms with Crippen molar-refractivity contribution in [1.82, 2.24) is 0 Å². The number of ketones is 1. The second-order valence-electron chi connectivity index (χ2n) is 9.68. The Balaban J connectivity index is 2.23. The van der Waals surface area contributed by atoms with Gasteiger partial charge in [-0.25, -0.2) is 0 Å². The molecule has 0 unspecified atom stereocenters. The van der Waals surface area contributed by atoms with Crippen LogP contribution in [0.15, 0.2) is 12.7 Å². The molecule has 3 rings (SSSR count). The van der Waals surface area contributed by atoms with Crippen molar-refractivity contribution in [2.24, 2.45) is 34.0 Å². The molecule has 0 aromatic heterocycles. The molecule has 2 bridgehead atoms. The molecule has 3 fully saturated rings. The molecule has 0 aromatic carbocycles. The Morgan fingerprint density at radius 2 is 1.96 bits per heavy atom. The Morgan fingerprint density at radius 3 is 2.54 bits per heavy atom. The van der Waals surface area contributed by atoms with Gasteiger partial charge in [-0.3, -0.25) is 9.59 Å². The van der Waals surface area contributed by atoms with Crippen LogP contribution in [0.2, 0.25) is 0 Å². The second-order valence-corrected chi connectivity index (χ2v) is 9.68. The molecule has 4 nitrogen and oxygen atoms in total. The summed E-state index contributed by atoms with van der Waals surface area (Å²) in [7, 11) is 0. The lowest BCUT2D eigenvalue weighted by molar-refractivity contribution is -0.205. The van der Waals surface area contributed by atoms with Crippen LogP contribution in [0.3, 0.4) is 0 Å². The Hall–Kier alpha value is -1.16. The van der Waals surface area contributed by atoms with Crippen LogP contribution in [0.4, 0.5) is 0 Å².